The van der Waals surface area contributed by atoms with Crippen molar-refractivity contribution in [2.75, 3.05) is 11.9 Å². The summed E-state index contributed by atoms with van der Waals surface area (Å²) in [6.07, 6.45) is -4.16. The van der Waals surface area contributed by atoms with E-state index in [4.69, 9.17) is 0 Å². The zero-order valence-electron chi connectivity index (χ0n) is 16.7. The average Bonchev–Trinajstić information content (AvgIpc) is 2.62. The molecule has 2 rings (SSSR count). The molecular formula is C20H19F4N3O2S. The van der Waals surface area contributed by atoms with E-state index in [1.54, 1.807) is 0 Å². The van der Waals surface area contributed by atoms with Crippen molar-refractivity contribution in [3.63, 3.8) is 0 Å². The van der Waals surface area contributed by atoms with Crippen LogP contribution in [0.1, 0.15) is 26.3 Å². The first kappa shape index (κ1) is 23.5. The molecule has 10 heteroatoms. The summed E-state index contributed by atoms with van der Waals surface area (Å²) >= 11 is 1.04. The molecule has 1 aromatic carbocycles. The normalized spacial score (nSPS) is 15.9. The maximum absolute atomic E-state index is 14.7. The lowest BCUT2D eigenvalue weighted by Gasteiger charge is -2.35. The summed E-state index contributed by atoms with van der Waals surface area (Å²) in [6, 6.07) is 2.76. The molecule has 0 saturated carbocycles. The first-order chi connectivity index (χ1) is 13.8. The summed E-state index contributed by atoms with van der Waals surface area (Å²) in [7, 11) is 0.919. The number of carbonyl (C=O) groups excluding carboxylic acids is 2. The lowest BCUT2D eigenvalue weighted by Crippen LogP contribution is -2.46. The molecule has 0 aliphatic carbocycles. The molecule has 0 spiro atoms. The Morgan fingerprint density at radius 1 is 1.30 bits per heavy atom. The molecular weight excluding hydrogens is 422 g/mol. The Labute approximate surface area is 175 Å². The van der Waals surface area contributed by atoms with Gasteiger partial charge in [0.05, 0.1) is 16.5 Å². The van der Waals surface area contributed by atoms with Crippen molar-refractivity contribution in [2.24, 2.45) is 5.92 Å². The smallest absolute Gasteiger partial charge is 0.299 e. The van der Waals surface area contributed by atoms with Gasteiger partial charge in [-0.2, -0.15) is 18.4 Å². The summed E-state index contributed by atoms with van der Waals surface area (Å²) in [5.74, 6) is -1.23. The Morgan fingerprint density at radius 2 is 1.90 bits per heavy atom. The Morgan fingerprint density at radius 3 is 2.37 bits per heavy atom. The largest absolute Gasteiger partial charge is 0.431 e. The van der Waals surface area contributed by atoms with Crippen molar-refractivity contribution < 1.29 is 27.2 Å². The van der Waals surface area contributed by atoms with Crippen LogP contribution in [0, 0.1) is 23.1 Å². The van der Waals surface area contributed by atoms with Crippen LogP contribution in [-0.4, -0.2) is 35.2 Å². The monoisotopic (exact) mass is 441 g/mol. The van der Waals surface area contributed by atoms with Crippen LogP contribution < -0.4 is 4.90 Å². The molecule has 5 nitrogen and oxygen atoms in total. The molecule has 0 aromatic heterocycles. The minimum Gasteiger partial charge on any atom is -0.299 e. The Balaban J connectivity index is 2.59. The van der Waals surface area contributed by atoms with Crippen LogP contribution in [0.4, 0.5) is 28.0 Å². The first-order valence-electron chi connectivity index (χ1n) is 8.76. The van der Waals surface area contributed by atoms with Gasteiger partial charge in [-0.3, -0.25) is 14.6 Å². The average molecular weight is 441 g/mol. The third-order valence-corrected chi connectivity index (χ3v) is 6.11. The number of amides is 2. The SMILES string of the molecule is C=C1C=C(C(F)(F)F)N(C)C(=O)N1c1cc(SC(C(C)=O)C(C)C)c(C#N)cc1F. The fraction of sp³-hybridized carbons (Fsp3) is 0.350. The van der Waals surface area contributed by atoms with E-state index < -0.39 is 29.0 Å². The third kappa shape index (κ3) is 4.51. The number of thioether (sulfide) groups is 1. The number of ketones is 1. The van der Waals surface area contributed by atoms with E-state index in [2.05, 4.69) is 6.58 Å². The maximum Gasteiger partial charge on any atom is 0.431 e. The minimum atomic E-state index is -4.80. The predicted molar refractivity (Wildman–Crippen MR) is 105 cm³/mol. The second-order valence-electron chi connectivity index (χ2n) is 7.00. The number of allylic oxidation sites excluding steroid dienone is 2. The highest BCUT2D eigenvalue weighted by Crippen LogP contribution is 2.39. The molecule has 30 heavy (non-hydrogen) atoms. The summed E-state index contributed by atoms with van der Waals surface area (Å²) in [5.41, 5.74) is -2.02. The highest BCUT2D eigenvalue weighted by molar-refractivity contribution is 8.00. The van der Waals surface area contributed by atoms with Gasteiger partial charge in [0.25, 0.3) is 0 Å². The van der Waals surface area contributed by atoms with Gasteiger partial charge >= 0.3 is 12.2 Å². The summed E-state index contributed by atoms with van der Waals surface area (Å²) < 4.78 is 54.2. The number of hydrogen-bond acceptors (Lipinski definition) is 4. The number of urea groups is 1. The number of nitriles is 1. The van der Waals surface area contributed by atoms with Crippen LogP contribution in [0.3, 0.4) is 0 Å². The van der Waals surface area contributed by atoms with Gasteiger partial charge in [0.2, 0.25) is 0 Å². The van der Waals surface area contributed by atoms with Crippen LogP contribution in [0.15, 0.2) is 41.1 Å². The molecule has 1 aromatic rings. The number of anilines is 1. The van der Waals surface area contributed by atoms with Gasteiger partial charge in [-0.05, 0) is 31.1 Å². The highest BCUT2D eigenvalue weighted by Gasteiger charge is 2.43. The van der Waals surface area contributed by atoms with Crippen molar-refractivity contribution in [1.82, 2.24) is 4.90 Å². The van der Waals surface area contributed by atoms with Gasteiger partial charge in [-0.25, -0.2) is 9.18 Å². The molecule has 0 bridgehead atoms. The molecule has 0 N–H and O–H groups in total. The third-order valence-electron chi connectivity index (χ3n) is 4.39. The van der Waals surface area contributed by atoms with Crippen LogP contribution in [0.2, 0.25) is 0 Å². The molecule has 0 fully saturated rings. The van der Waals surface area contributed by atoms with Crippen LogP contribution in [0.25, 0.3) is 0 Å². The van der Waals surface area contributed by atoms with E-state index in [0.29, 0.717) is 15.9 Å². The molecule has 0 radical (unpaired) electrons. The number of rotatable bonds is 5. The molecule has 1 aliphatic rings. The standard InChI is InChI=1S/C20H19F4N3O2S/c1-10(2)18(12(4)28)30-16-8-15(14(21)7-13(16)9-25)27-11(3)6-17(20(22,23)24)26(5)19(27)29/h6-8,10,18H,3H2,1-2,4-5H3. The van der Waals surface area contributed by atoms with Crippen molar-refractivity contribution >= 4 is 29.3 Å². The van der Waals surface area contributed by atoms with Crippen molar-refractivity contribution in [3.8, 4) is 6.07 Å². The number of alkyl halides is 3. The van der Waals surface area contributed by atoms with Crippen LogP contribution in [-0.2, 0) is 4.79 Å². The van der Waals surface area contributed by atoms with Crippen molar-refractivity contribution in [1.29, 1.82) is 5.26 Å². The summed E-state index contributed by atoms with van der Waals surface area (Å²) in [4.78, 5) is 25.8. The summed E-state index contributed by atoms with van der Waals surface area (Å²) in [6.45, 7) is 8.47. The first-order valence-corrected chi connectivity index (χ1v) is 9.63. The van der Waals surface area contributed by atoms with Crippen LogP contribution in [0.5, 0.6) is 0 Å². The number of Topliss-reactive ketones (excluding diaryl/α,β-unsaturated/α-hetero) is 1. The molecule has 1 unspecified atom stereocenters. The fourth-order valence-corrected chi connectivity index (χ4v) is 4.07. The van der Waals surface area contributed by atoms with Gasteiger partial charge in [0.15, 0.2) is 0 Å². The van der Waals surface area contributed by atoms with Gasteiger partial charge in [-0.1, -0.05) is 20.4 Å². The quantitative estimate of drug-likeness (QED) is 0.463. The Kier molecular flexibility index (Phi) is 6.67. The van der Waals surface area contributed by atoms with E-state index in [1.165, 1.54) is 13.0 Å². The number of nitrogens with zero attached hydrogens (tertiary/aromatic N) is 3. The maximum atomic E-state index is 14.7. The molecule has 1 atom stereocenters. The van der Waals surface area contributed by atoms with E-state index in [-0.39, 0.29) is 33.5 Å². The number of hydrogen-bond donors (Lipinski definition) is 0. The zero-order valence-corrected chi connectivity index (χ0v) is 17.5. The fourth-order valence-electron chi connectivity index (χ4n) is 2.95. The van der Waals surface area contributed by atoms with Crippen LogP contribution >= 0.6 is 11.8 Å². The Bertz CT molecular complexity index is 979. The summed E-state index contributed by atoms with van der Waals surface area (Å²) in [5, 5.41) is 8.82. The highest BCUT2D eigenvalue weighted by atomic mass is 32.2. The topological polar surface area (TPSA) is 64.4 Å². The zero-order chi connectivity index (χ0) is 23.0. The van der Waals surface area contributed by atoms with E-state index in [1.807, 2.05) is 19.9 Å². The second kappa shape index (κ2) is 8.52. The molecule has 1 heterocycles. The van der Waals surface area contributed by atoms with Crippen molar-refractivity contribution in [3.05, 3.63) is 47.6 Å². The molecule has 2 amide bonds. The Hall–Kier alpha value is -2.80. The second-order valence-corrected chi connectivity index (χ2v) is 8.18. The van der Waals surface area contributed by atoms with Gasteiger partial charge in [-0.15, -0.1) is 11.8 Å². The van der Waals surface area contributed by atoms with E-state index in [9.17, 15) is 32.4 Å². The van der Waals surface area contributed by atoms with E-state index in [0.717, 1.165) is 24.9 Å². The number of benzene rings is 1. The predicted octanol–water partition coefficient (Wildman–Crippen LogP) is 5.23. The lowest BCUT2D eigenvalue weighted by atomic mass is 10.1. The van der Waals surface area contributed by atoms with Gasteiger partial charge in [0, 0.05) is 17.6 Å². The molecule has 1 aliphatic heterocycles. The van der Waals surface area contributed by atoms with Gasteiger partial charge < -0.3 is 0 Å². The van der Waals surface area contributed by atoms with Gasteiger partial charge in [0.1, 0.15) is 23.4 Å². The lowest BCUT2D eigenvalue weighted by molar-refractivity contribution is -0.117. The molecule has 0 saturated heterocycles. The van der Waals surface area contributed by atoms with Crippen molar-refractivity contribution in [2.45, 2.75) is 37.1 Å². The molecule has 160 valence electrons. The minimum absolute atomic E-state index is 0.0527. The number of halogens is 4. The number of carbonyl (C=O) groups is 2. The van der Waals surface area contributed by atoms with E-state index >= 15 is 0 Å².